The van der Waals surface area contributed by atoms with Gasteiger partial charge < -0.3 is 19.8 Å². The lowest BCUT2D eigenvalue weighted by atomic mass is 9.75. The van der Waals surface area contributed by atoms with Crippen molar-refractivity contribution in [2.75, 3.05) is 19.7 Å². The van der Waals surface area contributed by atoms with E-state index in [4.69, 9.17) is 14.9 Å². The minimum atomic E-state index is -1.09. The molecule has 1 spiro atoms. The molecule has 0 aliphatic carbocycles. The van der Waals surface area contributed by atoms with Gasteiger partial charge >= 0.3 is 12.1 Å². The van der Waals surface area contributed by atoms with Crippen molar-refractivity contribution in [3.05, 3.63) is 23.4 Å². The molecule has 7 nitrogen and oxygen atoms in total. The summed E-state index contributed by atoms with van der Waals surface area (Å²) in [5.74, 6) is -0.716. The smallest absolute Gasteiger partial charge is 0.407 e. The van der Waals surface area contributed by atoms with Crippen molar-refractivity contribution in [2.45, 2.75) is 18.3 Å². The number of likely N-dealkylation sites (tertiary alicyclic amines) is 1. The molecule has 7 heteroatoms. The molecule has 106 valence electrons. The molecule has 0 aromatic carbocycles. The van der Waals surface area contributed by atoms with E-state index in [1.165, 1.54) is 11.0 Å². The van der Waals surface area contributed by atoms with Crippen LogP contribution in [-0.2, 0) is 5.41 Å². The van der Waals surface area contributed by atoms with Gasteiger partial charge in [0.15, 0.2) is 5.69 Å². The Morgan fingerprint density at radius 3 is 2.55 bits per heavy atom. The summed E-state index contributed by atoms with van der Waals surface area (Å²) in [6.45, 7) is 1.35. The van der Waals surface area contributed by atoms with Crippen molar-refractivity contribution in [1.82, 2.24) is 9.88 Å². The highest BCUT2D eigenvalue weighted by molar-refractivity contribution is 5.85. The Morgan fingerprint density at radius 2 is 1.95 bits per heavy atom. The number of aromatic nitrogens is 1. The highest BCUT2D eigenvalue weighted by Crippen LogP contribution is 2.44. The van der Waals surface area contributed by atoms with Crippen molar-refractivity contribution < 1.29 is 24.5 Å². The minimum absolute atomic E-state index is 0.0382. The predicted octanol–water partition coefficient (Wildman–Crippen LogP) is 1.18. The van der Waals surface area contributed by atoms with E-state index in [0.29, 0.717) is 38.4 Å². The first-order chi connectivity index (χ1) is 9.52. The number of ether oxygens (including phenoxy) is 1. The fourth-order valence-corrected chi connectivity index (χ4v) is 2.90. The summed E-state index contributed by atoms with van der Waals surface area (Å²) in [4.78, 5) is 27.2. The zero-order valence-corrected chi connectivity index (χ0v) is 10.7. The monoisotopic (exact) mass is 278 g/mol. The predicted molar refractivity (Wildman–Crippen MR) is 67.2 cm³/mol. The third-order valence-corrected chi connectivity index (χ3v) is 4.13. The molecule has 0 bridgehead atoms. The maximum atomic E-state index is 10.9. The van der Waals surface area contributed by atoms with Crippen LogP contribution < -0.4 is 4.74 Å². The number of carboxylic acids is 1. The molecule has 0 atom stereocenters. The van der Waals surface area contributed by atoms with Crippen LogP contribution in [0.5, 0.6) is 5.88 Å². The third kappa shape index (κ3) is 1.86. The average Bonchev–Trinajstić information content (AvgIpc) is 2.78. The first kappa shape index (κ1) is 12.7. The van der Waals surface area contributed by atoms with Gasteiger partial charge in [-0.05, 0) is 18.9 Å². The van der Waals surface area contributed by atoms with E-state index in [1.807, 2.05) is 0 Å². The number of piperidine rings is 1. The number of carbonyl (C=O) groups is 2. The summed E-state index contributed by atoms with van der Waals surface area (Å²) in [5.41, 5.74) is 0.627. The SMILES string of the molecule is O=C(O)c1ccc2c(n1)OCC21CCN(C(=O)O)CC1. The lowest BCUT2D eigenvalue weighted by Gasteiger charge is -2.36. The molecular weight excluding hydrogens is 264 g/mol. The van der Waals surface area contributed by atoms with Gasteiger partial charge in [0.05, 0.1) is 6.61 Å². The Balaban J connectivity index is 1.86. The van der Waals surface area contributed by atoms with Gasteiger partial charge in [0, 0.05) is 24.1 Å². The second-order valence-electron chi connectivity index (χ2n) is 5.19. The maximum absolute atomic E-state index is 10.9. The van der Waals surface area contributed by atoms with Crippen molar-refractivity contribution in [2.24, 2.45) is 0 Å². The Kier molecular flexibility index (Phi) is 2.77. The number of carboxylic acid groups (broad SMARTS) is 2. The number of fused-ring (bicyclic) bond motifs is 2. The number of nitrogens with zero attached hydrogens (tertiary/aromatic N) is 2. The Morgan fingerprint density at radius 1 is 1.25 bits per heavy atom. The lowest BCUT2D eigenvalue weighted by molar-refractivity contribution is 0.0689. The molecule has 0 radical (unpaired) electrons. The molecule has 1 amide bonds. The topological polar surface area (TPSA) is 100.0 Å². The zero-order valence-electron chi connectivity index (χ0n) is 10.7. The highest BCUT2D eigenvalue weighted by Gasteiger charge is 2.44. The van der Waals surface area contributed by atoms with E-state index in [1.54, 1.807) is 6.07 Å². The summed E-state index contributed by atoms with van der Waals surface area (Å²) < 4.78 is 5.54. The standard InChI is InChI=1S/C13H14N2O5/c16-11(17)9-2-1-8-10(14-9)20-7-13(8)3-5-15(6-4-13)12(18)19/h1-2H,3-7H2,(H,16,17)(H,18,19). The number of hydrogen-bond acceptors (Lipinski definition) is 4. The quantitative estimate of drug-likeness (QED) is 0.800. The summed E-state index contributed by atoms with van der Waals surface area (Å²) in [6, 6.07) is 3.22. The summed E-state index contributed by atoms with van der Waals surface area (Å²) >= 11 is 0. The van der Waals surface area contributed by atoms with Crippen LogP contribution in [0.1, 0.15) is 28.9 Å². The molecule has 1 aromatic heterocycles. The van der Waals surface area contributed by atoms with Crippen molar-refractivity contribution >= 4 is 12.1 Å². The highest BCUT2D eigenvalue weighted by atomic mass is 16.5. The van der Waals surface area contributed by atoms with Crippen molar-refractivity contribution in [3.8, 4) is 5.88 Å². The van der Waals surface area contributed by atoms with Crippen LogP contribution in [0, 0.1) is 0 Å². The molecule has 2 aliphatic rings. The minimum Gasteiger partial charge on any atom is -0.477 e. The molecule has 1 aromatic rings. The fraction of sp³-hybridized carbons (Fsp3) is 0.462. The molecule has 20 heavy (non-hydrogen) atoms. The average molecular weight is 278 g/mol. The molecule has 2 aliphatic heterocycles. The van der Waals surface area contributed by atoms with E-state index in [0.717, 1.165) is 5.56 Å². The molecule has 1 fully saturated rings. The molecular formula is C13H14N2O5. The number of rotatable bonds is 1. The van der Waals surface area contributed by atoms with Gasteiger partial charge in [-0.3, -0.25) is 0 Å². The number of hydrogen-bond donors (Lipinski definition) is 2. The summed E-state index contributed by atoms with van der Waals surface area (Å²) in [6.07, 6.45) is 0.430. The van der Waals surface area contributed by atoms with E-state index >= 15 is 0 Å². The Hall–Kier alpha value is -2.31. The van der Waals surface area contributed by atoms with Gasteiger partial charge in [0.1, 0.15) is 0 Å². The van der Waals surface area contributed by atoms with E-state index in [2.05, 4.69) is 4.98 Å². The van der Waals surface area contributed by atoms with Crippen LogP contribution in [0.3, 0.4) is 0 Å². The van der Waals surface area contributed by atoms with Crippen LogP contribution in [0.2, 0.25) is 0 Å². The lowest BCUT2D eigenvalue weighted by Crippen LogP contribution is -2.45. The van der Waals surface area contributed by atoms with Gasteiger partial charge in [-0.25, -0.2) is 14.6 Å². The molecule has 3 rings (SSSR count). The largest absolute Gasteiger partial charge is 0.477 e. The fourth-order valence-electron chi connectivity index (χ4n) is 2.90. The van der Waals surface area contributed by atoms with E-state index in [-0.39, 0.29) is 11.1 Å². The molecule has 0 saturated carbocycles. The van der Waals surface area contributed by atoms with Crippen molar-refractivity contribution in [3.63, 3.8) is 0 Å². The van der Waals surface area contributed by atoms with Crippen molar-refractivity contribution in [1.29, 1.82) is 0 Å². The van der Waals surface area contributed by atoms with Gasteiger partial charge in [0.25, 0.3) is 0 Å². The number of aromatic carboxylic acids is 1. The molecule has 0 unspecified atom stereocenters. The molecule has 1 saturated heterocycles. The Labute approximate surface area is 114 Å². The van der Waals surface area contributed by atoms with Crippen LogP contribution in [-0.4, -0.2) is 51.9 Å². The zero-order chi connectivity index (χ0) is 14.3. The summed E-state index contributed by atoms with van der Waals surface area (Å²) in [5, 5.41) is 17.9. The third-order valence-electron chi connectivity index (χ3n) is 4.13. The first-order valence-corrected chi connectivity index (χ1v) is 6.37. The second kappa shape index (κ2) is 4.36. The summed E-state index contributed by atoms with van der Waals surface area (Å²) in [7, 11) is 0. The van der Waals surface area contributed by atoms with E-state index in [9.17, 15) is 9.59 Å². The van der Waals surface area contributed by atoms with Crippen LogP contribution >= 0.6 is 0 Å². The number of amides is 1. The molecule has 2 N–H and O–H groups in total. The first-order valence-electron chi connectivity index (χ1n) is 6.37. The van der Waals surface area contributed by atoms with E-state index < -0.39 is 12.1 Å². The van der Waals surface area contributed by atoms with Gasteiger partial charge in [0.2, 0.25) is 5.88 Å². The van der Waals surface area contributed by atoms with Crippen LogP contribution in [0.15, 0.2) is 12.1 Å². The maximum Gasteiger partial charge on any atom is 0.407 e. The van der Waals surface area contributed by atoms with Gasteiger partial charge in [-0.2, -0.15) is 0 Å². The molecule has 3 heterocycles. The van der Waals surface area contributed by atoms with Crippen LogP contribution in [0.25, 0.3) is 0 Å². The normalized spacial score (nSPS) is 19.5. The van der Waals surface area contributed by atoms with Crippen LogP contribution in [0.4, 0.5) is 4.79 Å². The Bertz CT molecular complexity index is 578. The van der Waals surface area contributed by atoms with Gasteiger partial charge in [-0.15, -0.1) is 0 Å². The number of pyridine rings is 1. The second-order valence-corrected chi connectivity index (χ2v) is 5.19. The van der Waals surface area contributed by atoms with Gasteiger partial charge in [-0.1, -0.05) is 6.07 Å².